The van der Waals surface area contributed by atoms with Crippen molar-refractivity contribution in [3.05, 3.63) is 108 Å². The second-order valence-corrected chi connectivity index (χ2v) is 13.9. The number of nitrogens with zero attached hydrogens (tertiary/aromatic N) is 6. The number of aromatic nitrogens is 2. The average Bonchev–Trinajstić information content (AvgIpc) is 3.86. The number of anilines is 2. The quantitative estimate of drug-likeness (QED) is 0.186. The van der Waals surface area contributed by atoms with Crippen molar-refractivity contribution < 1.29 is 15.0 Å². The Balaban J connectivity index is 1.06. The monoisotopic (exact) mass is 668 g/mol. The number of phenols is 2. The third kappa shape index (κ3) is 6.70. The van der Waals surface area contributed by atoms with Gasteiger partial charge in [0.25, 0.3) is 5.91 Å². The van der Waals surface area contributed by atoms with E-state index in [0.717, 1.165) is 98.5 Å². The lowest BCUT2D eigenvalue weighted by Crippen LogP contribution is -2.46. The summed E-state index contributed by atoms with van der Waals surface area (Å²) in [6, 6.07) is 25.9. The summed E-state index contributed by atoms with van der Waals surface area (Å²) in [4.78, 5) is 33.2. The van der Waals surface area contributed by atoms with Gasteiger partial charge in [-0.1, -0.05) is 24.3 Å². The minimum Gasteiger partial charge on any atom is -0.504 e. The maximum Gasteiger partial charge on any atom is 0.254 e. The highest BCUT2D eigenvalue weighted by molar-refractivity contribution is 6.07. The van der Waals surface area contributed by atoms with Crippen LogP contribution in [-0.2, 0) is 6.42 Å². The van der Waals surface area contributed by atoms with Crippen LogP contribution in [-0.4, -0.2) is 94.3 Å². The van der Waals surface area contributed by atoms with E-state index in [-0.39, 0.29) is 23.4 Å². The SMILES string of the molecule is O=C(c1cc(Cc2ccc(N3CCN(c4ccncc4)CC3)cc2)nc2ccc(-c3ccc(O)c(O)c3)cc12)N1CCCC1CN1CCCC1. The molecule has 5 heterocycles. The Kier molecular flexibility index (Phi) is 8.98. The lowest BCUT2D eigenvalue weighted by molar-refractivity contribution is 0.0710. The molecular weight excluding hydrogens is 624 g/mol. The van der Waals surface area contributed by atoms with Crippen LogP contribution >= 0.6 is 0 Å². The molecule has 3 aromatic carbocycles. The summed E-state index contributed by atoms with van der Waals surface area (Å²) in [6.45, 7) is 7.78. The molecule has 9 heteroatoms. The first kappa shape index (κ1) is 32.1. The van der Waals surface area contributed by atoms with Gasteiger partial charge in [0.2, 0.25) is 0 Å². The van der Waals surface area contributed by atoms with Gasteiger partial charge < -0.3 is 29.8 Å². The number of piperazine rings is 1. The summed E-state index contributed by atoms with van der Waals surface area (Å²) in [7, 11) is 0. The zero-order valence-corrected chi connectivity index (χ0v) is 28.4. The molecule has 0 radical (unpaired) electrons. The molecule has 3 fully saturated rings. The zero-order valence-electron chi connectivity index (χ0n) is 28.4. The molecule has 256 valence electrons. The smallest absolute Gasteiger partial charge is 0.254 e. The number of carbonyl (C=O) groups is 1. The zero-order chi connectivity index (χ0) is 34.0. The van der Waals surface area contributed by atoms with E-state index < -0.39 is 0 Å². The number of aromatic hydroxyl groups is 2. The molecule has 1 atom stereocenters. The minimum atomic E-state index is -0.174. The summed E-state index contributed by atoms with van der Waals surface area (Å²) in [5, 5.41) is 20.9. The van der Waals surface area contributed by atoms with Crippen molar-refractivity contribution in [1.29, 1.82) is 0 Å². The van der Waals surface area contributed by atoms with Crippen molar-refractivity contribution in [1.82, 2.24) is 19.8 Å². The molecule has 50 heavy (non-hydrogen) atoms. The number of phenolic OH excluding ortho intramolecular Hbond substituents is 2. The van der Waals surface area contributed by atoms with Crippen LogP contribution in [0.3, 0.4) is 0 Å². The number of hydrogen-bond acceptors (Lipinski definition) is 8. The Hall–Kier alpha value is -5.15. The van der Waals surface area contributed by atoms with Crippen molar-refractivity contribution in [3.8, 4) is 22.6 Å². The van der Waals surface area contributed by atoms with Crippen LogP contribution in [0.25, 0.3) is 22.0 Å². The number of benzene rings is 3. The summed E-state index contributed by atoms with van der Waals surface area (Å²) >= 11 is 0. The molecule has 0 aliphatic carbocycles. The second kappa shape index (κ2) is 14.0. The predicted octanol–water partition coefficient (Wildman–Crippen LogP) is 6.33. The van der Waals surface area contributed by atoms with Gasteiger partial charge in [-0.15, -0.1) is 0 Å². The van der Waals surface area contributed by atoms with E-state index in [2.05, 4.69) is 61.0 Å². The molecule has 5 aromatic rings. The number of hydrogen-bond donors (Lipinski definition) is 2. The predicted molar refractivity (Wildman–Crippen MR) is 198 cm³/mol. The highest BCUT2D eigenvalue weighted by atomic mass is 16.3. The number of likely N-dealkylation sites (tertiary alicyclic amines) is 2. The molecule has 0 bridgehead atoms. The largest absolute Gasteiger partial charge is 0.504 e. The van der Waals surface area contributed by atoms with Crippen LogP contribution in [0.2, 0.25) is 0 Å². The third-order valence-electron chi connectivity index (χ3n) is 10.7. The fourth-order valence-electron chi connectivity index (χ4n) is 7.95. The first-order valence-corrected chi connectivity index (χ1v) is 18.0. The highest BCUT2D eigenvalue weighted by Gasteiger charge is 2.32. The van der Waals surface area contributed by atoms with Crippen molar-refractivity contribution in [2.75, 3.05) is 62.2 Å². The van der Waals surface area contributed by atoms with Gasteiger partial charge in [-0.2, -0.15) is 0 Å². The number of amides is 1. The third-order valence-corrected chi connectivity index (χ3v) is 10.7. The van der Waals surface area contributed by atoms with Crippen LogP contribution < -0.4 is 9.80 Å². The molecule has 0 spiro atoms. The van der Waals surface area contributed by atoms with Crippen molar-refractivity contribution in [2.45, 2.75) is 38.1 Å². The molecule has 3 saturated heterocycles. The number of fused-ring (bicyclic) bond motifs is 1. The van der Waals surface area contributed by atoms with E-state index in [4.69, 9.17) is 4.98 Å². The first-order valence-electron chi connectivity index (χ1n) is 18.0. The van der Waals surface area contributed by atoms with Gasteiger partial charge in [-0.25, -0.2) is 0 Å². The first-order chi connectivity index (χ1) is 24.5. The molecule has 8 rings (SSSR count). The van der Waals surface area contributed by atoms with Crippen molar-refractivity contribution in [3.63, 3.8) is 0 Å². The summed E-state index contributed by atoms with van der Waals surface area (Å²) in [5.41, 5.74) is 7.52. The van der Waals surface area contributed by atoms with Gasteiger partial charge in [0.15, 0.2) is 11.5 Å². The fourth-order valence-corrected chi connectivity index (χ4v) is 7.95. The van der Waals surface area contributed by atoms with Crippen molar-refractivity contribution in [2.24, 2.45) is 0 Å². The Bertz CT molecular complexity index is 1970. The van der Waals surface area contributed by atoms with Crippen LogP contribution in [0.5, 0.6) is 11.5 Å². The van der Waals surface area contributed by atoms with Gasteiger partial charge in [-0.3, -0.25) is 14.8 Å². The summed E-state index contributed by atoms with van der Waals surface area (Å²) < 4.78 is 0. The Morgan fingerprint density at radius 2 is 1.38 bits per heavy atom. The molecule has 0 saturated carbocycles. The molecule has 2 aromatic heterocycles. The van der Waals surface area contributed by atoms with E-state index in [0.29, 0.717) is 12.0 Å². The van der Waals surface area contributed by atoms with Crippen LogP contribution in [0.15, 0.2) is 91.3 Å². The number of rotatable bonds is 8. The van der Waals surface area contributed by atoms with E-state index in [1.807, 2.05) is 36.7 Å². The van der Waals surface area contributed by atoms with Crippen LogP contribution in [0.4, 0.5) is 11.4 Å². The molecule has 1 amide bonds. The van der Waals surface area contributed by atoms with Crippen LogP contribution in [0.1, 0.15) is 47.3 Å². The van der Waals surface area contributed by atoms with Gasteiger partial charge in [-0.05, 0) is 110 Å². The Morgan fingerprint density at radius 1 is 0.700 bits per heavy atom. The number of carbonyl (C=O) groups excluding carboxylic acids is 1. The molecular formula is C41H44N6O3. The minimum absolute atomic E-state index is 0.0623. The van der Waals surface area contributed by atoms with Gasteiger partial charge in [0.1, 0.15) is 0 Å². The standard InChI is InChI=1S/C41H44N6O3/c48-39-12-8-31(26-40(39)49)30-7-11-38-36(25-30)37(41(50)47-19-3-4-35(47)28-44-17-1-2-18-44)27-32(43-38)24-29-5-9-33(10-6-29)45-20-22-46(23-21-45)34-13-15-42-16-14-34/h5-16,25-27,35,48-49H,1-4,17-24,28H2. The summed E-state index contributed by atoms with van der Waals surface area (Å²) in [6.07, 6.45) is 8.84. The molecule has 9 nitrogen and oxygen atoms in total. The maximum atomic E-state index is 14.5. The second-order valence-electron chi connectivity index (χ2n) is 13.9. The molecule has 1 unspecified atom stereocenters. The Morgan fingerprint density at radius 3 is 2.10 bits per heavy atom. The molecule has 3 aliphatic heterocycles. The van der Waals surface area contributed by atoms with E-state index in [1.165, 1.54) is 30.3 Å². The average molecular weight is 669 g/mol. The normalized spacial score (nSPS) is 18.3. The molecule has 3 aliphatic rings. The molecule has 2 N–H and O–H groups in total. The topological polar surface area (TPSA) is 96.3 Å². The fraction of sp³-hybridized carbons (Fsp3) is 0.341. The van der Waals surface area contributed by atoms with E-state index in [1.54, 1.807) is 12.1 Å². The van der Waals surface area contributed by atoms with Crippen molar-refractivity contribution >= 4 is 28.2 Å². The maximum absolute atomic E-state index is 14.5. The lowest BCUT2D eigenvalue weighted by atomic mass is 9.98. The Labute approximate surface area is 293 Å². The summed E-state index contributed by atoms with van der Waals surface area (Å²) in [5.74, 6) is -0.272. The highest BCUT2D eigenvalue weighted by Crippen LogP contribution is 2.34. The van der Waals surface area contributed by atoms with E-state index >= 15 is 0 Å². The number of pyridine rings is 2. The van der Waals surface area contributed by atoms with Gasteiger partial charge >= 0.3 is 0 Å². The van der Waals surface area contributed by atoms with Gasteiger partial charge in [0, 0.05) is 86.6 Å². The lowest BCUT2D eigenvalue weighted by Gasteiger charge is -2.37. The van der Waals surface area contributed by atoms with Gasteiger partial charge in [0.05, 0.1) is 11.1 Å². The van der Waals surface area contributed by atoms with Crippen LogP contribution in [0, 0.1) is 0 Å². The van der Waals surface area contributed by atoms with E-state index in [9.17, 15) is 15.0 Å².